The number of rotatable bonds is 0. The zero-order valence-corrected chi connectivity index (χ0v) is 8.10. The normalized spacial score (nSPS) is 20.4. The minimum Gasteiger partial charge on any atom is -0.388 e. The zero-order valence-electron chi connectivity index (χ0n) is 8.10. The van der Waals surface area contributed by atoms with E-state index in [1.165, 1.54) is 0 Å². The average molecular weight is 191 g/mol. The highest BCUT2D eigenvalue weighted by atomic mass is 16.3. The number of nitrogens with zero attached hydrogens (tertiary/aromatic N) is 1. The van der Waals surface area contributed by atoms with E-state index in [-0.39, 0.29) is 5.91 Å². The van der Waals surface area contributed by atoms with Crippen LogP contribution in [0.4, 0.5) is 5.69 Å². The number of aliphatic hydroxyl groups is 1. The molecular formula is C11H13NO2. The molecule has 0 fully saturated rings. The Balaban J connectivity index is 2.46. The van der Waals surface area contributed by atoms with Crippen LogP contribution in [0.3, 0.4) is 0 Å². The summed E-state index contributed by atoms with van der Waals surface area (Å²) in [6, 6.07) is 7.51. The number of para-hydroxylation sites is 1. The lowest BCUT2D eigenvalue weighted by atomic mass is 9.99. The second kappa shape index (κ2) is 3.42. The molecule has 0 aromatic heterocycles. The highest BCUT2D eigenvalue weighted by Gasteiger charge is 2.24. The fraction of sp³-hybridized carbons (Fsp3) is 0.364. The summed E-state index contributed by atoms with van der Waals surface area (Å²) in [5.74, 6) is 0.0318. The molecule has 1 aliphatic heterocycles. The molecule has 74 valence electrons. The SMILES string of the molecule is CC(=O)N1CCC(O)c2ccccc21. The number of hydrogen-bond acceptors (Lipinski definition) is 2. The van der Waals surface area contributed by atoms with Crippen molar-refractivity contribution in [3.05, 3.63) is 29.8 Å². The fourth-order valence-corrected chi connectivity index (χ4v) is 1.87. The van der Waals surface area contributed by atoms with Gasteiger partial charge in [0.15, 0.2) is 0 Å². The van der Waals surface area contributed by atoms with Gasteiger partial charge in [-0.25, -0.2) is 0 Å². The van der Waals surface area contributed by atoms with Crippen molar-refractivity contribution in [2.24, 2.45) is 0 Å². The van der Waals surface area contributed by atoms with Crippen molar-refractivity contribution in [3.8, 4) is 0 Å². The summed E-state index contributed by atoms with van der Waals surface area (Å²) in [5, 5.41) is 9.72. The summed E-state index contributed by atoms with van der Waals surface area (Å²) < 4.78 is 0. The van der Waals surface area contributed by atoms with E-state index in [1.54, 1.807) is 11.8 Å². The minimum absolute atomic E-state index is 0.0318. The van der Waals surface area contributed by atoms with Crippen LogP contribution in [-0.2, 0) is 4.79 Å². The topological polar surface area (TPSA) is 40.5 Å². The Morgan fingerprint density at radius 1 is 1.50 bits per heavy atom. The molecule has 1 atom stereocenters. The maximum atomic E-state index is 11.3. The van der Waals surface area contributed by atoms with E-state index in [2.05, 4.69) is 0 Å². The Hall–Kier alpha value is -1.35. The van der Waals surface area contributed by atoms with Crippen molar-refractivity contribution < 1.29 is 9.90 Å². The zero-order chi connectivity index (χ0) is 10.1. The lowest BCUT2D eigenvalue weighted by Crippen LogP contribution is -2.34. The first-order valence-electron chi connectivity index (χ1n) is 4.75. The van der Waals surface area contributed by atoms with Crippen LogP contribution in [0.15, 0.2) is 24.3 Å². The lowest BCUT2D eigenvalue weighted by molar-refractivity contribution is -0.116. The van der Waals surface area contributed by atoms with E-state index in [4.69, 9.17) is 0 Å². The number of amides is 1. The molecule has 1 heterocycles. The molecule has 1 amide bonds. The van der Waals surface area contributed by atoms with Gasteiger partial charge in [-0.3, -0.25) is 4.79 Å². The van der Waals surface area contributed by atoms with E-state index in [0.717, 1.165) is 11.3 Å². The van der Waals surface area contributed by atoms with E-state index in [1.807, 2.05) is 24.3 Å². The molecule has 1 N–H and O–H groups in total. The Labute approximate surface area is 83.0 Å². The van der Waals surface area contributed by atoms with Crippen molar-refractivity contribution in [1.29, 1.82) is 0 Å². The van der Waals surface area contributed by atoms with E-state index in [0.29, 0.717) is 13.0 Å². The van der Waals surface area contributed by atoms with Gasteiger partial charge in [0.2, 0.25) is 5.91 Å². The maximum absolute atomic E-state index is 11.3. The van der Waals surface area contributed by atoms with Crippen molar-refractivity contribution >= 4 is 11.6 Å². The van der Waals surface area contributed by atoms with Crippen LogP contribution in [-0.4, -0.2) is 17.6 Å². The van der Waals surface area contributed by atoms with Crippen LogP contribution in [0, 0.1) is 0 Å². The molecule has 14 heavy (non-hydrogen) atoms. The van der Waals surface area contributed by atoms with Crippen LogP contribution < -0.4 is 4.90 Å². The number of aliphatic hydroxyl groups excluding tert-OH is 1. The number of hydrogen-bond donors (Lipinski definition) is 1. The van der Waals surface area contributed by atoms with Crippen LogP contribution in [0.1, 0.15) is 25.0 Å². The van der Waals surface area contributed by atoms with Gasteiger partial charge in [-0.15, -0.1) is 0 Å². The van der Waals surface area contributed by atoms with Gasteiger partial charge < -0.3 is 10.0 Å². The monoisotopic (exact) mass is 191 g/mol. The molecule has 3 nitrogen and oxygen atoms in total. The summed E-state index contributed by atoms with van der Waals surface area (Å²) in [6.45, 7) is 2.15. The van der Waals surface area contributed by atoms with Crippen LogP contribution in [0.5, 0.6) is 0 Å². The Bertz CT molecular complexity index is 362. The first-order chi connectivity index (χ1) is 6.70. The van der Waals surface area contributed by atoms with Gasteiger partial charge in [-0.2, -0.15) is 0 Å². The Morgan fingerprint density at radius 2 is 2.21 bits per heavy atom. The molecule has 0 saturated heterocycles. The van der Waals surface area contributed by atoms with Crippen molar-refractivity contribution in [3.63, 3.8) is 0 Å². The third kappa shape index (κ3) is 1.40. The van der Waals surface area contributed by atoms with Gasteiger partial charge in [-0.05, 0) is 12.5 Å². The Morgan fingerprint density at radius 3 is 2.93 bits per heavy atom. The molecule has 1 aliphatic rings. The van der Waals surface area contributed by atoms with Crippen molar-refractivity contribution in [2.75, 3.05) is 11.4 Å². The average Bonchev–Trinajstić information content (AvgIpc) is 2.18. The van der Waals surface area contributed by atoms with Gasteiger partial charge in [0.05, 0.1) is 6.10 Å². The third-order valence-corrected chi connectivity index (χ3v) is 2.59. The minimum atomic E-state index is -0.429. The van der Waals surface area contributed by atoms with Crippen LogP contribution in [0.2, 0.25) is 0 Å². The highest BCUT2D eigenvalue weighted by molar-refractivity contribution is 5.92. The summed E-state index contributed by atoms with van der Waals surface area (Å²) in [7, 11) is 0. The summed E-state index contributed by atoms with van der Waals surface area (Å²) in [5.41, 5.74) is 1.70. The molecule has 0 radical (unpaired) electrons. The Kier molecular flexibility index (Phi) is 2.25. The van der Waals surface area contributed by atoms with Crippen molar-refractivity contribution in [1.82, 2.24) is 0 Å². The van der Waals surface area contributed by atoms with Gasteiger partial charge in [0, 0.05) is 24.7 Å². The predicted octanol–water partition coefficient (Wildman–Crippen LogP) is 1.48. The first-order valence-corrected chi connectivity index (χ1v) is 4.75. The molecule has 0 aliphatic carbocycles. The molecule has 1 unspecified atom stereocenters. The number of carbonyl (C=O) groups is 1. The predicted molar refractivity (Wildman–Crippen MR) is 54.0 cm³/mol. The van der Waals surface area contributed by atoms with Crippen LogP contribution in [0.25, 0.3) is 0 Å². The fourth-order valence-electron chi connectivity index (χ4n) is 1.87. The molecule has 0 bridgehead atoms. The molecule has 0 saturated carbocycles. The molecule has 1 aromatic rings. The molecule has 0 spiro atoms. The molecule has 2 rings (SSSR count). The first kappa shape index (κ1) is 9.21. The highest BCUT2D eigenvalue weighted by Crippen LogP contribution is 2.33. The number of fused-ring (bicyclic) bond motifs is 1. The molecule has 1 aromatic carbocycles. The van der Waals surface area contributed by atoms with E-state index >= 15 is 0 Å². The smallest absolute Gasteiger partial charge is 0.223 e. The van der Waals surface area contributed by atoms with E-state index < -0.39 is 6.10 Å². The van der Waals surface area contributed by atoms with Crippen LogP contribution >= 0.6 is 0 Å². The number of carbonyl (C=O) groups excluding carboxylic acids is 1. The summed E-state index contributed by atoms with van der Waals surface area (Å²) in [4.78, 5) is 13.0. The van der Waals surface area contributed by atoms with E-state index in [9.17, 15) is 9.90 Å². The largest absolute Gasteiger partial charge is 0.388 e. The second-order valence-corrected chi connectivity index (χ2v) is 3.53. The third-order valence-electron chi connectivity index (χ3n) is 2.59. The lowest BCUT2D eigenvalue weighted by Gasteiger charge is -2.31. The van der Waals surface area contributed by atoms with Gasteiger partial charge in [0.1, 0.15) is 0 Å². The van der Waals surface area contributed by atoms with Crippen molar-refractivity contribution in [2.45, 2.75) is 19.4 Å². The standard InChI is InChI=1S/C11H13NO2/c1-8(13)12-7-6-11(14)9-4-2-3-5-10(9)12/h2-5,11,14H,6-7H2,1H3. The van der Waals surface area contributed by atoms with Gasteiger partial charge >= 0.3 is 0 Å². The number of anilines is 1. The molecular weight excluding hydrogens is 178 g/mol. The molecule has 3 heteroatoms. The quantitative estimate of drug-likeness (QED) is 0.674. The second-order valence-electron chi connectivity index (χ2n) is 3.53. The van der Waals surface area contributed by atoms with Gasteiger partial charge in [0.25, 0.3) is 0 Å². The number of benzene rings is 1. The maximum Gasteiger partial charge on any atom is 0.223 e. The summed E-state index contributed by atoms with van der Waals surface area (Å²) >= 11 is 0. The summed E-state index contributed by atoms with van der Waals surface area (Å²) in [6.07, 6.45) is 0.193. The van der Waals surface area contributed by atoms with Gasteiger partial charge in [-0.1, -0.05) is 18.2 Å².